The van der Waals surface area contributed by atoms with Crippen LogP contribution in [0.1, 0.15) is 52.7 Å². The molecule has 2 aromatic heterocycles. The van der Waals surface area contributed by atoms with Crippen molar-refractivity contribution in [2.45, 2.75) is 47.0 Å². The molecule has 2 heterocycles. The lowest BCUT2D eigenvalue weighted by Crippen LogP contribution is -2.50. The number of nitrogens with zero attached hydrogens (tertiary/aromatic N) is 2. The average Bonchev–Trinajstić information content (AvgIpc) is 4.04. The Morgan fingerprint density at radius 2 is 0.725 bits per heavy atom. The van der Waals surface area contributed by atoms with Crippen LogP contribution >= 0.6 is 0 Å². The summed E-state index contributed by atoms with van der Waals surface area (Å²) in [5.41, 5.74) is 14.5. The molecule has 0 saturated heterocycles. The molecule has 4 heteroatoms. The number of fused-ring (bicyclic) bond motifs is 13. The molecule has 13 rings (SSSR count). The second-order valence-corrected chi connectivity index (χ2v) is 20.9. The van der Waals surface area contributed by atoms with Crippen molar-refractivity contribution in [1.29, 1.82) is 0 Å². The molecule has 12 aromatic rings. The van der Waals surface area contributed by atoms with E-state index in [1.54, 1.807) is 0 Å². The number of hydrogen-bond acceptors (Lipinski definition) is 4. The molecule has 0 amide bonds. The molecule has 0 aliphatic heterocycles. The fourth-order valence-corrected chi connectivity index (χ4v) is 12.7. The lowest BCUT2D eigenvalue weighted by atomic mass is 9.49. The summed E-state index contributed by atoms with van der Waals surface area (Å²) in [5, 5.41) is 9.44. The Balaban J connectivity index is 1.01. The van der Waals surface area contributed by atoms with E-state index in [0.29, 0.717) is 0 Å². The van der Waals surface area contributed by atoms with Gasteiger partial charge >= 0.3 is 0 Å². The molecule has 1 aliphatic carbocycles. The van der Waals surface area contributed by atoms with Gasteiger partial charge in [0.05, 0.1) is 11.4 Å². The third-order valence-electron chi connectivity index (χ3n) is 15.1. The number of para-hydroxylation sites is 6. The molecule has 4 nitrogen and oxygen atoms in total. The van der Waals surface area contributed by atoms with Crippen LogP contribution in [-0.4, -0.2) is 0 Å². The SMILES string of the molecule is CC(C)(C)C1(C(C)(C)C)c2c(ccc3cc(N(c4ccccc4)c4cccc5c4oc4ccccc45)ccc23)-c2ccc3cc(N(c4ccccc4)c4cccc5c4oc4ccccc45)ccc3c21. The summed E-state index contributed by atoms with van der Waals surface area (Å²) in [4.78, 5) is 4.71. The molecule has 1 aliphatic rings. The van der Waals surface area contributed by atoms with Gasteiger partial charge in [-0.25, -0.2) is 0 Å². The smallest absolute Gasteiger partial charge is 0.159 e. The van der Waals surface area contributed by atoms with Crippen molar-refractivity contribution in [3.8, 4) is 11.1 Å². The van der Waals surface area contributed by atoms with Gasteiger partial charge in [0.1, 0.15) is 11.2 Å². The van der Waals surface area contributed by atoms with E-state index >= 15 is 0 Å². The molecular weight excluding hydrogens is 841 g/mol. The Labute approximate surface area is 402 Å². The summed E-state index contributed by atoms with van der Waals surface area (Å²) in [7, 11) is 0. The zero-order valence-electron chi connectivity index (χ0n) is 39.8. The van der Waals surface area contributed by atoms with Gasteiger partial charge < -0.3 is 18.6 Å². The summed E-state index contributed by atoms with van der Waals surface area (Å²) in [6, 6.07) is 74.7. The van der Waals surface area contributed by atoms with Crippen molar-refractivity contribution in [3.63, 3.8) is 0 Å². The number of hydrogen-bond donors (Lipinski definition) is 0. The van der Waals surface area contributed by atoms with Crippen LogP contribution in [0, 0.1) is 10.8 Å². The summed E-state index contributed by atoms with van der Waals surface area (Å²) >= 11 is 0. The predicted molar refractivity (Wildman–Crippen MR) is 291 cm³/mol. The monoisotopic (exact) mass is 892 g/mol. The van der Waals surface area contributed by atoms with Gasteiger partial charge in [-0.3, -0.25) is 0 Å². The lowest BCUT2D eigenvalue weighted by Gasteiger charge is -2.53. The second-order valence-electron chi connectivity index (χ2n) is 20.9. The number of furan rings is 2. The quantitative estimate of drug-likeness (QED) is 0.166. The molecule has 0 atom stereocenters. The first-order chi connectivity index (χ1) is 33.5. The highest BCUT2D eigenvalue weighted by Crippen LogP contribution is 2.67. The van der Waals surface area contributed by atoms with Crippen LogP contribution < -0.4 is 9.80 Å². The standard InChI is InChI=1S/C65H52N2O2/c1-63(2,3)65(64(4,5)6)59-47-37-33-45(66(43-19-9-7-10-20-43)55-27-17-25-53-49-23-13-15-29-57(49)68-61(53)55)39-41(47)31-35-51(59)52-36-32-42-40-46(34-38-48(42)60(52)65)67(44-21-11-8-12-22-44)56-28-18-26-54-50-24-14-16-30-58(50)69-62(54)56/h7-40H,1-6H3. The first-order valence-corrected chi connectivity index (χ1v) is 24.2. The summed E-state index contributed by atoms with van der Waals surface area (Å²) in [5.74, 6) is 0. The molecular formula is C65H52N2O2. The van der Waals surface area contributed by atoms with E-state index in [2.05, 4.69) is 245 Å². The van der Waals surface area contributed by atoms with Gasteiger partial charge in [-0.05, 0) is 127 Å². The Kier molecular flexibility index (Phi) is 8.92. The third-order valence-corrected chi connectivity index (χ3v) is 15.1. The highest BCUT2D eigenvalue weighted by Gasteiger charge is 2.59. The maximum absolute atomic E-state index is 6.67. The van der Waals surface area contributed by atoms with E-state index in [9.17, 15) is 0 Å². The topological polar surface area (TPSA) is 32.8 Å². The van der Waals surface area contributed by atoms with E-state index in [1.807, 2.05) is 12.1 Å². The van der Waals surface area contributed by atoms with Gasteiger partial charge in [0.2, 0.25) is 0 Å². The predicted octanol–water partition coefficient (Wildman–Crippen LogP) is 19.1. The van der Waals surface area contributed by atoms with Crippen molar-refractivity contribution in [3.05, 3.63) is 217 Å². The minimum atomic E-state index is -0.384. The average molecular weight is 893 g/mol. The van der Waals surface area contributed by atoms with E-state index in [0.717, 1.165) is 78.0 Å². The normalized spacial score (nSPS) is 13.5. The van der Waals surface area contributed by atoms with Gasteiger partial charge in [-0.1, -0.05) is 175 Å². The summed E-state index contributed by atoms with van der Waals surface area (Å²) in [6.07, 6.45) is 0. The van der Waals surface area contributed by atoms with E-state index in [1.165, 1.54) is 43.8 Å². The highest BCUT2D eigenvalue weighted by atomic mass is 16.3. The van der Waals surface area contributed by atoms with Crippen LogP contribution in [0.25, 0.3) is 76.5 Å². The van der Waals surface area contributed by atoms with Gasteiger partial charge in [-0.2, -0.15) is 0 Å². The van der Waals surface area contributed by atoms with Gasteiger partial charge in [-0.15, -0.1) is 0 Å². The zero-order chi connectivity index (χ0) is 46.8. The maximum atomic E-state index is 6.67. The summed E-state index contributed by atoms with van der Waals surface area (Å²) in [6.45, 7) is 14.7. The van der Waals surface area contributed by atoms with Crippen LogP contribution in [0.3, 0.4) is 0 Å². The fourth-order valence-electron chi connectivity index (χ4n) is 12.7. The lowest BCUT2D eigenvalue weighted by molar-refractivity contribution is 0.0977. The molecule has 334 valence electrons. The minimum absolute atomic E-state index is 0.189. The van der Waals surface area contributed by atoms with Gasteiger partial charge in [0.15, 0.2) is 11.2 Å². The molecule has 0 fully saturated rings. The van der Waals surface area contributed by atoms with Crippen LogP contribution in [0.4, 0.5) is 34.1 Å². The van der Waals surface area contributed by atoms with E-state index < -0.39 is 0 Å². The first-order valence-electron chi connectivity index (χ1n) is 24.2. The van der Waals surface area contributed by atoms with Crippen molar-refractivity contribution in [2.75, 3.05) is 9.80 Å². The molecule has 0 N–H and O–H groups in total. The van der Waals surface area contributed by atoms with Gasteiger partial charge in [0, 0.05) is 49.7 Å². The Morgan fingerprint density at radius 1 is 0.333 bits per heavy atom. The molecule has 0 saturated carbocycles. The molecule has 0 radical (unpaired) electrons. The minimum Gasteiger partial charge on any atom is -0.454 e. The van der Waals surface area contributed by atoms with E-state index in [-0.39, 0.29) is 16.2 Å². The number of benzene rings is 10. The molecule has 0 spiro atoms. The zero-order valence-corrected chi connectivity index (χ0v) is 39.8. The van der Waals surface area contributed by atoms with Crippen molar-refractivity contribution in [1.82, 2.24) is 0 Å². The third kappa shape index (κ3) is 5.94. The maximum Gasteiger partial charge on any atom is 0.159 e. The molecule has 69 heavy (non-hydrogen) atoms. The second kappa shape index (κ2) is 15.0. The van der Waals surface area contributed by atoms with Gasteiger partial charge in [0.25, 0.3) is 0 Å². The Morgan fingerprint density at radius 3 is 1.14 bits per heavy atom. The van der Waals surface area contributed by atoms with Crippen LogP contribution in [-0.2, 0) is 5.41 Å². The summed E-state index contributed by atoms with van der Waals surface area (Å²) < 4.78 is 13.3. The van der Waals surface area contributed by atoms with Crippen LogP contribution in [0.5, 0.6) is 0 Å². The molecule has 0 unspecified atom stereocenters. The first kappa shape index (κ1) is 41.1. The fraction of sp³-hybridized carbons (Fsp3) is 0.138. The molecule has 0 bridgehead atoms. The molecule has 10 aromatic carbocycles. The number of rotatable bonds is 6. The largest absolute Gasteiger partial charge is 0.454 e. The van der Waals surface area contributed by atoms with Crippen LogP contribution in [0.15, 0.2) is 215 Å². The van der Waals surface area contributed by atoms with Crippen LogP contribution in [0.2, 0.25) is 0 Å². The highest BCUT2D eigenvalue weighted by molar-refractivity contribution is 6.13. The van der Waals surface area contributed by atoms with Crippen molar-refractivity contribution < 1.29 is 8.83 Å². The Bertz CT molecular complexity index is 3730. The number of anilines is 6. The Hall–Kier alpha value is -8.08. The van der Waals surface area contributed by atoms with Crippen molar-refractivity contribution in [2.24, 2.45) is 10.8 Å². The van der Waals surface area contributed by atoms with Crippen molar-refractivity contribution >= 4 is 99.5 Å². The van der Waals surface area contributed by atoms with E-state index in [4.69, 9.17) is 8.83 Å².